The lowest BCUT2D eigenvalue weighted by molar-refractivity contribution is -0.138. The van der Waals surface area contributed by atoms with Crippen molar-refractivity contribution in [2.45, 2.75) is 39.2 Å². The van der Waals surface area contributed by atoms with Crippen LogP contribution in [0, 0.1) is 11.8 Å². The summed E-state index contributed by atoms with van der Waals surface area (Å²) in [6.07, 6.45) is 3.07. The monoisotopic (exact) mass is 297 g/mol. The van der Waals surface area contributed by atoms with Gasteiger partial charge in [0.05, 0.1) is 6.54 Å². The molecule has 120 valence electrons. The molecule has 0 spiro atoms. The van der Waals surface area contributed by atoms with Crippen LogP contribution in [0.4, 0.5) is 4.79 Å². The number of carboxylic acids is 1. The summed E-state index contributed by atoms with van der Waals surface area (Å²) < 4.78 is 0. The number of amides is 2. The smallest absolute Gasteiger partial charge is 0.317 e. The average molecular weight is 297 g/mol. The third-order valence-electron chi connectivity index (χ3n) is 5.01. The second-order valence-electron chi connectivity index (χ2n) is 6.48. The number of nitrogens with zero attached hydrogens (tertiary/aromatic N) is 2. The first-order chi connectivity index (χ1) is 9.97. The van der Waals surface area contributed by atoms with Gasteiger partial charge in [-0.15, -0.1) is 0 Å². The second-order valence-corrected chi connectivity index (χ2v) is 6.48. The summed E-state index contributed by atoms with van der Waals surface area (Å²) in [5.74, 6) is 0.400. The Labute approximate surface area is 126 Å². The van der Waals surface area contributed by atoms with Crippen molar-refractivity contribution in [3.8, 4) is 0 Å². The van der Waals surface area contributed by atoms with Crippen LogP contribution in [0.3, 0.4) is 0 Å². The number of hydrogen-bond donors (Lipinski definition) is 2. The van der Waals surface area contributed by atoms with Gasteiger partial charge in [-0.3, -0.25) is 9.69 Å². The Morgan fingerprint density at radius 2 is 1.90 bits per heavy atom. The minimum Gasteiger partial charge on any atom is -0.480 e. The third-order valence-corrected chi connectivity index (χ3v) is 5.01. The molecule has 0 aromatic heterocycles. The van der Waals surface area contributed by atoms with Crippen molar-refractivity contribution in [2.24, 2.45) is 11.8 Å². The number of carbonyl (C=O) groups excluding carboxylic acids is 1. The van der Waals surface area contributed by atoms with E-state index in [-0.39, 0.29) is 18.6 Å². The van der Waals surface area contributed by atoms with Gasteiger partial charge in [0.15, 0.2) is 0 Å². The maximum Gasteiger partial charge on any atom is 0.317 e. The van der Waals surface area contributed by atoms with Crippen LogP contribution >= 0.6 is 0 Å². The summed E-state index contributed by atoms with van der Waals surface area (Å²) in [6.45, 7) is 7.20. The van der Waals surface area contributed by atoms with Crippen LogP contribution in [-0.4, -0.2) is 65.7 Å². The van der Waals surface area contributed by atoms with Crippen molar-refractivity contribution in [1.82, 2.24) is 15.1 Å². The Bertz CT molecular complexity index is 388. The SMILES string of the molecule is CC1CCC(NC(=O)N2CCCN(CC(=O)O)CC2)C1C. The number of hydrogen-bond acceptors (Lipinski definition) is 3. The molecule has 2 aliphatic rings. The molecule has 1 saturated heterocycles. The van der Waals surface area contributed by atoms with Gasteiger partial charge in [-0.05, 0) is 31.1 Å². The van der Waals surface area contributed by atoms with Gasteiger partial charge < -0.3 is 15.3 Å². The van der Waals surface area contributed by atoms with Crippen molar-refractivity contribution < 1.29 is 14.7 Å². The van der Waals surface area contributed by atoms with E-state index in [0.717, 1.165) is 19.4 Å². The van der Waals surface area contributed by atoms with Crippen molar-refractivity contribution in [3.05, 3.63) is 0 Å². The molecule has 0 aromatic rings. The predicted octanol–water partition coefficient (Wildman–Crippen LogP) is 1.22. The van der Waals surface area contributed by atoms with E-state index in [1.807, 2.05) is 9.80 Å². The van der Waals surface area contributed by atoms with E-state index < -0.39 is 5.97 Å². The minimum atomic E-state index is -0.804. The zero-order valence-corrected chi connectivity index (χ0v) is 13.0. The molecule has 21 heavy (non-hydrogen) atoms. The van der Waals surface area contributed by atoms with E-state index in [1.54, 1.807) is 0 Å². The molecule has 0 aromatic carbocycles. The van der Waals surface area contributed by atoms with Crippen LogP contribution in [0.5, 0.6) is 0 Å². The Kier molecular flexibility index (Phi) is 5.45. The topological polar surface area (TPSA) is 72.9 Å². The summed E-state index contributed by atoms with van der Waals surface area (Å²) >= 11 is 0. The molecule has 6 heteroatoms. The molecular formula is C15H27N3O3. The molecule has 2 amide bonds. The lowest BCUT2D eigenvalue weighted by Gasteiger charge is -2.26. The highest BCUT2D eigenvalue weighted by Gasteiger charge is 2.32. The van der Waals surface area contributed by atoms with Crippen LogP contribution in [-0.2, 0) is 4.79 Å². The van der Waals surface area contributed by atoms with Gasteiger partial charge in [0, 0.05) is 32.2 Å². The zero-order chi connectivity index (χ0) is 15.4. The fourth-order valence-corrected chi connectivity index (χ4v) is 3.34. The molecule has 1 aliphatic heterocycles. The van der Waals surface area contributed by atoms with Gasteiger partial charge in [0.2, 0.25) is 0 Å². The zero-order valence-electron chi connectivity index (χ0n) is 13.0. The Balaban J connectivity index is 1.81. The number of carbonyl (C=O) groups is 2. The van der Waals surface area contributed by atoms with E-state index in [1.165, 1.54) is 6.42 Å². The summed E-state index contributed by atoms with van der Waals surface area (Å²) in [5.41, 5.74) is 0. The largest absolute Gasteiger partial charge is 0.480 e. The van der Waals surface area contributed by atoms with E-state index in [2.05, 4.69) is 19.2 Å². The number of aliphatic carboxylic acids is 1. The summed E-state index contributed by atoms with van der Waals surface area (Å²) in [6, 6.07) is 0.295. The fraction of sp³-hybridized carbons (Fsp3) is 0.867. The Morgan fingerprint density at radius 1 is 1.14 bits per heavy atom. The standard InChI is InChI=1S/C15H27N3O3/c1-11-4-5-13(12(11)2)16-15(21)18-7-3-6-17(8-9-18)10-14(19)20/h11-13H,3-10H2,1-2H3,(H,16,21)(H,19,20). The molecule has 1 saturated carbocycles. The van der Waals surface area contributed by atoms with E-state index in [4.69, 9.17) is 5.11 Å². The molecule has 0 bridgehead atoms. The lowest BCUT2D eigenvalue weighted by Crippen LogP contribution is -2.47. The molecule has 0 radical (unpaired) electrons. The predicted molar refractivity (Wildman–Crippen MR) is 80.1 cm³/mol. The Morgan fingerprint density at radius 3 is 2.52 bits per heavy atom. The highest BCUT2D eigenvalue weighted by Crippen LogP contribution is 2.31. The average Bonchev–Trinajstić information content (AvgIpc) is 2.65. The van der Waals surface area contributed by atoms with Crippen LogP contribution < -0.4 is 5.32 Å². The van der Waals surface area contributed by atoms with Crippen LogP contribution in [0.2, 0.25) is 0 Å². The molecule has 2 fully saturated rings. The maximum absolute atomic E-state index is 12.4. The van der Waals surface area contributed by atoms with Crippen LogP contribution in [0.15, 0.2) is 0 Å². The molecule has 1 heterocycles. The first-order valence-electron chi connectivity index (χ1n) is 7.97. The van der Waals surface area contributed by atoms with Crippen molar-refractivity contribution in [2.75, 3.05) is 32.7 Å². The molecule has 3 atom stereocenters. The Hall–Kier alpha value is -1.30. The van der Waals surface area contributed by atoms with Crippen molar-refractivity contribution in [3.63, 3.8) is 0 Å². The number of nitrogens with one attached hydrogen (secondary N) is 1. The van der Waals surface area contributed by atoms with Crippen LogP contribution in [0.25, 0.3) is 0 Å². The molecular weight excluding hydrogens is 270 g/mol. The maximum atomic E-state index is 12.4. The first kappa shape index (κ1) is 16.1. The highest BCUT2D eigenvalue weighted by molar-refractivity contribution is 5.74. The molecule has 1 aliphatic carbocycles. The van der Waals surface area contributed by atoms with Crippen molar-refractivity contribution >= 4 is 12.0 Å². The molecule has 3 unspecified atom stereocenters. The van der Waals surface area contributed by atoms with Gasteiger partial charge >= 0.3 is 12.0 Å². The summed E-state index contributed by atoms with van der Waals surface area (Å²) in [7, 11) is 0. The number of rotatable bonds is 3. The fourth-order valence-electron chi connectivity index (χ4n) is 3.34. The highest BCUT2D eigenvalue weighted by atomic mass is 16.4. The quantitative estimate of drug-likeness (QED) is 0.821. The summed E-state index contributed by atoms with van der Waals surface area (Å²) in [5, 5.41) is 12.0. The van der Waals surface area contributed by atoms with E-state index in [9.17, 15) is 9.59 Å². The third kappa shape index (κ3) is 4.33. The molecule has 6 nitrogen and oxygen atoms in total. The van der Waals surface area contributed by atoms with Gasteiger partial charge in [0.25, 0.3) is 0 Å². The molecule has 2 rings (SSSR count). The minimum absolute atomic E-state index is 0.0122. The first-order valence-corrected chi connectivity index (χ1v) is 7.97. The van der Waals surface area contributed by atoms with Gasteiger partial charge in [-0.2, -0.15) is 0 Å². The lowest BCUT2D eigenvalue weighted by atomic mass is 9.98. The van der Waals surface area contributed by atoms with E-state index >= 15 is 0 Å². The second kappa shape index (κ2) is 7.11. The normalized spacial score (nSPS) is 31.0. The van der Waals surface area contributed by atoms with Gasteiger partial charge in [-0.1, -0.05) is 13.8 Å². The van der Waals surface area contributed by atoms with E-state index in [0.29, 0.717) is 31.5 Å². The van der Waals surface area contributed by atoms with Crippen molar-refractivity contribution in [1.29, 1.82) is 0 Å². The summed E-state index contributed by atoms with van der Waals surface area (Å²) in [4.78, 5) is 26.9. The molecule has 2 N–H and O–H groups in total. The number of urea groups is 1. The van der Waals surface area contributed by atoms with Gasteiger partial charge in [-0.25, -0.2) is 4.79 Å². The van der Waals surface area contributed by atoms with Crippen LogP contribution in [0.1, 0.15) is 33.1 Å². The van der Waals surface area contributed by atoms with Gasteiger partial charge in [0.1, 0.15) is 0 Å². The number of carboxylic acid groups (broad SMARTS) is 1.